The molecule has 3 nitrogen and oxygen atoms in total. The average Bonchev–Trinajstić information content (AvgIpc) is 2.82. The summed E-state index contributed by atoms with van der Waals surface area (Å²) in [4.78, 5) is 7.12. The quantitative estimate of drug-likeness (QED) is 0.758. The first-order chi connectivity index (χ1) is 8.79. The van der Waals surface area contributed by atoms with E-state index in [0.717, 1.165) is 11.3 Å². The number of aromatic amines is 1. The minimum Gasteiger partial charge on any atom is -0.369 e. The summed E-state index contributed by atoms with van der Waals surface area (Å²) >= 11 is 0. The number of anilines is 1. The summed E-state index contributed by atoms with van der Waals surface area (Å²) in [5, 5.41) is 0. The van der Waals surface area contributed by atoms with Gasteiger partial charge in [-0.15, -0.1) is 0 Å². The molecule has 0 unspecified atom stereocenters. The number of rotatable bonds is 6. The maximum absolute atomic E-state index is 5.57. The Balaban J connectivity index is 1.93. The molecule has 0 radical (unpaired) electrons. The van der Waals surface area contributed by atoms with Crippen LogP contribution < -0.4 is 5.73 Å². The molecule has 0 aliphatic heterocycles. The number of aromatic nitrogens is 2. The molecule has 0 spiro atoms. The first kappa shape index (κ1) is 12.7. The fraction of sp³-hybridized carbons (Fsp3) is 0.400. The molecule has 96 valence electrons. The lowest BCUT2D eigenvalue weighted by Crippen LogP contribution is -1.87. The highest BCUT2D eigenvalue weighted by Crippen LogP contribution is 2.19. The summed E-state index contributed by atoms with van der Waals surface area (Å²) in [7, 11) is 0. The fourth-order valence-corrected chi connectivity index (χ4v) is 2.08. The Bertz CT molecular complexity index is 471. The number of hydrogen-bond acceptors (Lipinski definition) is 2. The number of nitrogens with two attached hydrogens (primary N) is 1. The van der Waals surface area contributed by atoms with Crippen LogP contribution in [0, 0.1) is 0 Å². The average molecular weight is 243 g/mol. The van der Waals surface area contributed by atoms with E-state index in [4.69, 9.17) is 5.73 Å². The van der Waals surface area contributed by atoms with Crippen LogP contribution in [0.3, 0.4) is 0 Å². The van der Waals surface area contributed by atoms with E-state index in [-0.39, 0.29) is 0 Å². The molecule has 0 aliphatic carbocycles. The Kier molecular flexibility index (Phi) is 4.40. The van der Waals surface area contributed by atoms with Crippen molar-refractivity contribution in [2.75, 3.05) is 5.73 Å². The van der Waals surface area contributed by atoms with E-state index in [1.54, 1.807) is 0 Å². The van der Waals surface area contributed by atoms with E-state index in [1.165, 1.54) is 37.7 Å². The van der Waals surface area contributed by atoms with Gasteiger partial charge in [0.1, 0.15) is 0 Å². The van der Waals surface area contributed by atoms with Gasteiger partial charge in [-0.25, -0.2) is 4.98 Å². The van der Waals surface area contributed by atoms with E-state index in [0.29, 0.717) is 5.95 Å². The molecule has 3 N–H and O–H groups in total. The summed E-state index contributed by atoms with van der Waals surface area (Å²) in [5.41, 5.74) is 8.99. The van der Waals surface area contributed by atoms with Crippen LogP contribution in [-0.4, -0.2) is 9.97 Å². The van der Waals surface area contributed by atoms with Crippen LogP contribution in [0.15, 0.2) is 30.5 Å². The van der Waals surface area contributed by atoms with Crippen LogP contribution in [0.4, 0.5) is 5.95 Å². The van der Waals surface area contributed by atoms with Crippen LogP contribution in [0.5, 0.6) is 0 Å². The Morgan fingerprint density at radius 3 is 2.50 bits per heavy atom. The molecule has 0 saturated carbocycles. The van der Waals surface area contributed by atoms with Crippen molar-refractivity contribution in [1.82, 2.24) is 9.97 Å². The van der Waals surface area contributed by atoms with Gasteiger partial charge in [0.25, 0.3) is 0 Å². The second-order valence-electron chi connectivity index (χ2n) is 4.68. The van der Waals surface area contributed by atoms with Gasteiger partial charge in [-0.05, 0) is 18.4 Å². The van der Waals surface area contributed by atoms with Crippen LogP contribution in [0.25, 0.3) is 11.3 Å². The van der Waals surface area contributed by atoms with Crippen molar-refractivity contribution in [3.05, 3.63) is 36.0 Å². The van der Waals surface area contributed by atoms with Gasteiger partial charge in [0.15, 0.2) is 5.95 Å². The monoisotopic (exact) mass is 243 g/mol. The van der Waals surface area contributed by atoms with Gasteiger partial charge in [-0.1, -0.05) is 50.5 Å². The van der Waals surface area contributed by atoms with Crippen molar-refractivity contribution < 1.29 is 0 Å². The molecular weight excluding hydrogens is 222 g/mol. The molecule has 0 saturated heterocycles. The molecule has 0 fully saturated rings. The van der Waals surface area contributed by atoms with Crippen LogP contribution in [0.1, 0.15) is 38.2 Å². The molecule has 0 aliphatic rings. The molecule has 1 aromatic carbocycles. The van der Waals surface area contributed by atoms with Crippen molar-refractivity contribution in [3.8, 4) is 11.3 Å². The van der Waals surface area contributed by atoms with Crippen LogP contribution in [0.2, 0.25) is 0 Å². The molecule has 2 aromatic rings. The van der Waals surface area contributed by atoms with Gasteiger partial charge in [0.2, 0.25) is 0 Å². The van der Waals surface area contributed by atoms with Crippen LogP contribution in [-0.2, 0) is 6.42 Å². The first-order valence-electron chi connectivity index (χ1n) is 6.70. The van der Waals surface area contributed by atoms with Gasteiger partial charge in [-0.2, -0.15) is 0 Å². The van der Waals surface area contributed by atoms with Crippen molar-refractivity contribution in [2.45, 2.75) is 39.0 Å². The summed E-state index contributed by atoms with van der Waals surface area (Å²) < 4.78 is 0. The number of hydrogen-bond donors (Lipinski definition) is 2. The number of nitrogens with zero attached hydrogens (tertiary/aromatic N) is 1. The second kappa shape index (κ2) is 6.24. The largest absolute Gasteiger partial charge is 0.369 e. The third-order valence-electron chi connectivity index (χ3n) is 3.17. The van der Waals surface area contributed by atoms with Crippen molar-refractivity contribution in [1.29, 1.82) is 0 Å². The molecule has 2 rings (SSSR count). The Morgan fingerprint density at radius 2 is 1.89 bits per heavy atom. The third kappa shape index (κ3) is 3.36. The summed E-state index contributed by atoms with van der Waals surface area (Å²) in [6.07, 6.45) is 8.25. The number of nitrogen functional groups attached to an aromatic ring is 1. The summed E-state index contributed by atoms with van der Waals surface area (Å²) in [5.74, 6) is 0.466. The highest BCUT2D eigenvalue weighted by atomic mass is 15.0. The molecule has 0 bridgehead atoms. The zero-order chi connectivity index (χ0) is 12.8. The predicted molar refractivity (Wildman–Crippen MR) is 76.3 cm³/mol. The number of aryl methyl sites for hydroxylation is 1. The number of unbranched alkanes of at least 4 members (excludes halogenated alkanes) is 3. The van der Waals surface area contributed by atoms with Gasteiger partial charge < -0.3 is 10.7 Å². The second-order valence-corrected chi connectivity index (χ2v) is 4.68. The van der Waals surface area contributed by atoms with Crippen molar-refractivity contribution >= 4 is 5.95 Å². The molecule has 0 amide bonds. The Hall–Kier alpha value is -1.77. The SMILES string of the molecule is CCCCCCc1ccc(-c2c[nH]c(N)n2)cc1. The molecule has 0 atom stereocenters. The van der Waals surface area contributed by atoms with E-state index in [2.05, 4.69) is 41.2 Å². The lowest BCUT2D eigenvalue weighted by molar-refractivity contribution is 0.667. The molecular formula is C15H21N3. The Morgan fingerprint density at radius 1 is 1.11 bits per heavy atom. The van der Waals surface area contributed by atoms with Gasteiger partial charge >= 0.3 is 0 Å². The summed E-state index contributed by atoms with van der Waals surface area (Å²) in [6, 6.07) is 8.60. The highest BCUT2D eigenvalue weighted by molar-refractivity contribution is 5.60. The smallest absolute Gasteiger partial charge is 0.198 e. The van der Waals surface area contributed by atoms with Crippen molar-refractivity contribution in [3.63, 3.8) is 0 Å². The Labute approximate surface area is 108 Å². The number of H-pyrrole nitrogens is 1. The van der Waals surface area contributed by atoms with Gasteiger partial charge in [0.05, 0.1) is 5.69 Å². The topological polar surface area (TPSA) is 54.7 Å². The van der Waals surface area contributed by atoms with E-state index < -0.39 is 0 Å². The first-order valence-corrected chi connectivity index (χ1v) is 6.70. The zero-order valence-electron chi connectivity index (χ0n) is 10.9. The van der Waals surface area contributed by atoms with E-state index >= 15 is 0 Å². The maximum Gasteiger partial charge on any atom is 0.198 e. The number of imidazole rings is 1. The molecule has 3 heteroatoms. The standard InChI is InChI=1S/C15H21N3/c1-2-3-4-5-6-12-7-9-13(10-8-12)14-11-17-15(16)18-14/h7-11H,2-6H2,1H3,(H3,16,17,18). The fourth-order valence-electron chi connectivity index (χ4n) is 2.08. The third-order valence-corrected chi connectivity index (χ3v) is 3.17. The normalized spacial score (nSPS) is 10.7. The zero-order valence-corrected chi connectivity index (χ0v) is 10.9. The van der Waals surface area contributed by atoms with Crippen molar-refractivity contribution in [2.24, 2.45) is 0 Å². The highest BCUT2D eigenvalue weighted by Gasteiger charge is 2.01. The lowest BCUT2D eigenvalue weighted by atomic mass is 10.0. The van der Waals surface area contributed by atoms with Crippen LogP contribution >= 0.6 is 0 Å². The molecule has 1 aromatic heterocycles. The number of benzene rings is 1. The lowest BCUT2D eigenvalue weighted by Gasteiger charge is -2.02. The summed E-state index contributed by atoms with van der Waals surface area (Å²) in [6.45, 7) is 2.24. The van der Waals surface area contributed by atoms with Gasteiger partial charge in [-0.3, -0.25) is 0 Å². The molecule has 18 heavy (non-hydrogen) atoms. The minimum atomic E-state index is 0.466. The van der Waals surface area contributed by atoms with E-state index in [9.17, 15) is 0 Å². The predicted octanol–water partition coefficient (Wildman–Crippen LogP) is 3.78. The number of nitrogens with one attached hydrogen (secondary N) is 1. The maximum atomic E-state index is 5.57. The van der Waals surface area contributed by atoms with E-state index in [1.807, 2.05) is 6.20 Å². The van der Waals surface area contributed by atoms with Gasteiger partial charge in [0, 0.05) is 11.8 Å². The molecule has 1 heterocycles. The minimum absolute atomic E-state index is 0.466.